The van der Waals surface area contributed by atoms with Gasteiger partial charge < -0.3 is 10.1 Å². The second kappa shape index (κ2) is 5.85. The Hall–Kier alpha value is -2.66. The van der Waals surface area contributed by atoms with E-state index in [1.54, 1.807) is 18.2 Å². The van der Waals surface area contributed by atoms with Gasteiger partial charge in [-0.3, -0.25) is 9.59 Å². The Kier molecular flexibility index (Phi) is 3.88. The van der Waals surface area contributed by atoms with Crippen LogP contribution in [0, 0.1) is 5.82 Å². The van der Waals surface area contributed by atoms with Gasteiger partial charge >= 0.3 is 5.97 Å². The number of rotatable bonds is 4. The average Bonchev–Trinajstić information content (AvgIpc) is 2.83. The zero-order chi connectivity index (χ0) is 16.6. The smallest absolute Gasteiger partial charge is 0.307 e. The van der Waals surface area contributed by atoms with Crippen molar-refractivity contribution < 1.29 is 19.1 Å². The van der Waals surface area contributed by atoms with Gasteiger partial charge in [0.1, 0.15) is 5.82 Å². The van der Waals surface area contributed by atoms with Crippen molar-refractivity contribution >= 4 is 34.3 Å². The second-order valence-electron chi connectivity index (χ2n) is 5.08. The van der Waals surface area contributed by atoms with E-state index in [0.717, 1.165) is 6.07 Å². The van der Waals surface area contributed by atoms with Gasteiger partial charge in [0.15, 0.2) is 0 Å². The molecule has 4 nitrogen and oxygen atoms in total. The lowest BCUT2D eigenvalue weighted by Gasteiger charge is -2.03. The van der Waals surface area contributed by atoms with Crippen LogP contribution in [-0.2, 0) is 11.2 Å². The van der Waals surface area contributed by atoms with E-state index in [1.807, 2.05) is 0 Å². The Morgan fingerprint density at radius 2 is 1.96 bits per heavy atom. The maximum atomic E-state index is 13.3. The summed E-state index contributed by atoms with van der Waals surface area (Å²) >= 11 is 5.93. The lowest BCUT2D eigenvalue weighted by atomic mass is 10.0. The van der Waals surface area contributed by atoms with Crippen LogP contribution in [0.15, 0.2) is 42.5 Å². The molecule has 23 heavy (non-hydrogen) atoms. The van der Waals surface area contributed by atoms with Crippen LogP contribution in [0.1, 0.15) is 21.6 Å². The summed E-state index contributed by atoms with van der Waals surface area (Å²) in [5.74, 6) is -2.06. The number of benzene rings is 2. The molecular weight excluding hydrogens is 321 g/mol. The van der Waals surface area contributed by atoms with Gasteiger partial charge in [-0.25, -0.2) is 4.39 Å². The molecule has 0 amide bonds. The van der Waals surface area contributed by atoms with Crippen molar-refractivity contribution in [2.45, 2.75) is 6.42 Å². The highest BCUT2D eigenvalue weighted by atomic mass is 35.5. The van der Waals surface area contributed by atoms with E-state index in [2.05, 4.69) is 4.98 Å². The van der Waals surface area contributed by atoms with Crippen LogP contribution in [0.3, 0.4) is 0 Å². The minimum absolute atomic E-state index is 0.135. The van der Waals surface area contributed by atoms with E-state index in [4.69, 9.17) is 16.7 Å². The largest absolute Gasteiger partial charge is 0.481 e. The molecule has 1 aromatic heterocycles. The Bertz CT molecular complexity index is 933. The van der Waals surface area contributed by atoms with Crippen LogP contribution in [0.5, 0.6) is 0 Å². The van der Waals surface area contributed by atoms with Crippen LogP contribution >= 0.6 is 11.6 Å². The molecule has 3 aromatic rings. The molecule has 0 unspecified atom stereocenters. The van der Waals surface area contributed by atoms with E-state index < -0.39 is 17.6 Å². The maximum absolute atomic E-state index is 13.3. The fourth-order valence-electron chi connectivity index (χ4n) is 2.53. The molecule has 116 valence electrons. The molecular formula is C17H11ClFNO3. The number of H-pyrrole nitrogens is 1. The number of fused-ring (bicyclic) bond motifs is 1. The third-order valence-electron chi connectivity index (χ3n) is 3.51. The monoisotopic (exact) mass is 331 g/mol. The Morgan fingerprint density at radius 3 is 2.65 bits per heavy atom. The van der Waals surface area contributed by atoms with Crippen molar-refractivity contribution in [3.8, 4) is 0 Å². The quantitative estimate of drug-likeness (QED) is 0.714. The first-order valence-electron chi connectivity index (χ1n) is 6.78. The molecule has 0 atom stereocenters. The van der Waals surface area contributed by atoms with Gasteiger partial charge in [-0.15, -0.1) is 0 Å². The number of carboxylic acid groups (broad SMARTS) is 1. The fourth-order valence-corrected chi connectivity index (χ4v) is 2.70. The molecule has 2 N–H and O–H groups in total. The molecule has 0 aliphatic carbocycles. The lowest BCUT2D eigenvalue weighted by Crippen LogP contribution is -2.09. The number of nitrogens with one attached hydrogen (secondary N) is 1. The molecule has 6 heteroatoms. The Morgan fingerprint density at radius 1 is 1.17 bits per heavy atom. The predicted octanol–water partition coefficient (Wildman–Crippen LogP) is 3.82. The van der Waals surface area contributed by atoms with Crippen LogP contribution in [-0.4, -0.2) is 21.8 Å². The molecule has 0 aliphatic heterocycles. The lowest BCUT2D eigenvalue weighted by molar-refractivity contribution is -0.136. The first kappa shape index (κ1) is 15.2. The van der Waals surface area contributed by atoms with Crippen molar-refractivity contribution in [1.29, 1.82) is 0 Å². The number of halogens is 2. The van der Waals surface area contributed by atoms with Crippen molar-refractivity contribution in [3.63, 3.8) is 0 Å². The summed E-state index contributed by atoms with van der Waals surface area (Å²) < 4.78 is 13.3. The number of aromatic nitrogens is 1. The normalized spacial score (nSPS) is 10.9. The van der Waals surface area contributed by atoms with Crippen LogP contribution in [0.2, 0.25) is 5.02 Å². The number of aliphatic carboxylic acids is 1. The number of carboxylic acids is 1. The van der Waals surface area contributed by atoms with Gasteiger partial charge in [-0.1, -0.05) is 29.8 Å². The van der Waals surface area contributed by atoms with Crippen molar-refractivity contribution in [2.24, 2.45) is 0 Å². The second-order valence-corrected chi connectivity index (χ2v) is 5.51. The van der Waals surface area contributed by atoms with Gasteiger partial charge in [0, 0.05) is 27.1 Å². The summed E-state index contributed by atoms with van der Waals surface area (Å²) in [4.78, 5) is 26.7. The first-order valence-corrected chi connectivity index (χ1v) is 7.15. The van der Waals surface area contributed by atoms with Crippen LogP contribution in [0.4, 0.5) is 4.39 Å². The van der Waals surface area contributed by atoms with Gasteiger partial charge in [0.05, 0.1) is 12.1 Å². The molecule has 3 rings (SSSR count). The molecule has 0 aliphatic rings. The number of aromatic amines is 1. The van der Waals surface area contributed by atoms with Crippen molar-refractivity contribution in [3.05, 3.63) is 70.1 Å². The summed E-state index contributed by atoms with van der Waals surface area (Å²) in [5.41, 5.74) is 1.21. The van der Waals surface area contributed by atoms with Crippen LogP contribution in [0.25, 0.3) is 10.9 Å². The third-order valence-corrected chi connectivity index (χ3v) is 3.75. The van der Waals surface area contributed by atoms with Crippen molar-refractivity contribution in [1.82, 2.24) is 4.98 Å². The summed E-state index contributed by atoms with van der Waals surface area (Å²) in [6.45, 7) is 0. The third kappa shape index (κ3) is 2.96. The van der Waals surface area contributed by atoms with Gasteiger partial charge in [-0.05, 0) is 24.3 Å². The number of hydrogen-bond donors (Lipinski definition) is 2. The van der Waals surface area contributed by atoms with E-state index in [0.29, 0.717) is 21.5 Å². The molecule has 2 aromatic carbocycles. The molecule has 0 saturated carbocycles. The molecule has 1 heterocycles. The first-order chi connectivity index (χ1) is 11.0. The van der Waals surface area contributed by atoms with Gasteiger partial charge in [0.25, 0.3) is 0 Å². The minimum Gasteiger partial charge on any atom is -0.481 e. The predicted molar refractivity (Wildman–Crippen MR) is 84.5 cm³/mol. The van der Waals surface area contributed by atoms with E-state index in [9.17, 15) is 14.0 Å². The highest BCUT2D eigenvalue weighted by Gasteiger charge is 2.21. The minimum atomic E-state index is -1.06. The Labute approximate surface area is 135 Å². The SMILES string of the molecule is O=C(O)Cc1c(C(=O)c2cccc(F)c2)[nH]c2cc(Cl)ccc12. The summed E-state index contributed by atoms with van der Waals surface area (Å²) in [6, 6.07) is 10.2. The zero-order valence-corrected chi connectivity index (χ0v) is 12.5. The number of hydrogen-bond acceptors (Lipinski definition) is 2. The highest BCUT2D eigenvalue weighted by molar-refractivity contribution is 6.31. The van der Waals surface area contributed by atoms with E-state index in [-0.39, 0.29) is 17.7 Å². The molecule has 0 radical (unpaired) electrons. The Balaban J connectivity index is 2.19. The number of carbonyl (C=O) groups excluding carboxylic acids is 1. The maximum Gasteiger partial charge on any atom is 0.307 e. The van der Waals surface area contributed by atoms with Crippen molar-refractivity contribution in [2.75, 3.05) is 0 Å². The standard InChI is InChI=1S/C17H11ClFNO3/c18-10-4-5-12-13(8-15(21)22)16(20-14(12)7-10)17(23)9-2-1-3-11(19)6-9/h1-7,20H,8H2,(H,21,22). The van der Waals surface area contributed by atoms with Gasteiger partial charge in [0.2, 0.25) is 5.78 Å². The number of ketones is 1. The topological polar surface area (TPSA) is 70.2 Å². The summed E-state index contributed by atoms with van der Waals surface area (Å²) in [7, 11) is 0. The number of carbonyl (C=O) groups is 2. The molecule has 0 saturated heterocycles. The van der Waals surface area contributed by atoms with Crippen LogP contribution < -0.4 is 0 Å². The molecule has 0 bridgehead atoms. The average molecular weight is 332 g/mol. The molecule has 0 spiro atoms. The van der Waals surface area contributed by atoms with E-state index in [1.165, 1.54) is 18.2 Å². The summed E-state index contributed by atoms with van der Waals surface area (Å²) in [5, 5.41) is 10.2. The fraction of sp³-hybridized carbons (Fsp3) is 0.0588. The zero-order valence-electron chi connectivity index (χ0n) is 11.8. The van der Waals surface area contributed by atoms with E-state index >= 15 is 0 Å². The molecule has 0 fully saturated rings. The summed E-state index contributed by atoms with van der Waals surface area (Å²) in [6.07, 6.45) is -0.321. The highest BCUT2D eigenvalue weighted by Crippen LogP contribution is 2.27. The van der Waals surface area contributed by atoms with Gasteiger partial charge in [-0.2, -0.15) is 0 Å².